The lowest BCUT2D eigenvalue weighted by atomic mass is 10.2. The SMILES string of the molecule is Cc1ccc(OC(F)F)c(Cl)c1. The van der Waals surface area contributed by atoms with Crippen molar-refractivity contribution in [1.29, 1.82) is 0 Å². The fourth-order valence-corrected chi connectivity index (χ4v) is 1.08. The molecular weight excluding hydrogens is 186 g/mol. The van der Waals surface area contributed by atoms with Gasteiger partial charge in [0.25, 0.3) is 0 Å². The van der Waals surface area contributed by atoms with Crippen LogP contribution in [0.4, 0.5) is 8.78 Å². The van der Waals surface area contributed by atoms with Crippen LogP contribution in [0.5, 0.6) is 5.75 Å². The summed E-state index contributed by atoms with van der Waals surface area (Å²) in [5.74, 6) is 0.0114. The predicted molar refractivity (Wildman–Crippen MR) is 42.8 cm³/mol. The molecule has 0 saturated heterocycles. The van der Waals surface area contributed by atoms with Crippen molar-refractivity contribution in [3.8, 4) is 5.75 Å². The van der Waals surface area contributed by atoms with E-state index in [-0.39, 0.29) is 10.8 Å². The first-order valence-corrected chi connectivity index (χ1v) is 3.68. The average Bonchev–Trinajstić information content (AvgIpc) is 1.94. The quantitative estimate of drug-likeness (QED) is 0.699. The second-order valence-corrected chi connectivity index (χ2v) is 2.72. The molecule has 0 bridgehead atoms. The van der Waals surface area contributed by atoms with E-state index in [2.05, 4.69) is 4.74 Å². The van der Waals surface area contributed by atoms with E-state index in [0.717, 1.165) is 5.56 Å². The van der Waals surface area contributed by atoms with E-state index in [4.69, 9.17) is 11.6 Å². The maximum absolute atomic E-state index is 11.7. The van der Waals surface area contributed by atoms with Crippen LogP contribution in [0, 0.1) is 6.92 Å². The molecule has 0 aliphatic heterocycles. The van der Waals surface area contributed by atoms with Gasteiger partial charge in [-0.15, -0.1) is 0 Å². The number of benzene rings is 1. The number of ether oxygens (including phenoxy) is 1. The van der Waals surface area contributed by atoms with Gasteiger partial charge in [-0.3, -0.25) is 0 Å². The average molecular weight is 193 g/mol. The summed E-state index contributed by atoms with van der Waals surface area (Å²) in [6.45, 7) is -1.01. The van der Waals surface area contributed by atoms with Crippen LogP contribution >= 0.6 is 11.6 Å². The Kier molecular flexibility index (Phi) is 2.87. The molecule has 0 spiro atoms. The Hall–Kier alpha value is -0.830. The van der Waals surface area contributed by atoms with E-state index in [1.54, 1.807) is 12.1 Å². The minimum Gasteiger partial charge on any atom is -0.433 e. The fraction of sp³-hybridized carbons (Fsp3) is 0.250. The van der Waals surface area contributed by atoms with Crippen LogP contribution in [0.3, 0.4) is 0 Å². The van der Waals surface area contributed by atoms with E-state index in [1.165, 1.54) is 6.07 Å². The highest BCUT2D eigenvalue weighted by Crippen LogP contribution is 2.26. The summed E-state index contributed by atoms with van der Waals surface area (Å²) in [4.78, 5) is 0. The Morgan fingerprint density at radius 3 is 2.58 bits per heavy atom. The lowest BCUT2D eigenvalue weighted by molar-refractivity contribution is -0.0497. The molecule has 0 amide bonds. The standard InChI is InChI=1S/C8H7ClF2O/c1-5-2-3-7(6(9)4-5)12-8(10)11/h2-4,8H,1H3. The zero-order valence-electron chi connectivity index (χ0n) is 6.35. The van der Waals surface area contributed by atoms with Crippen LogP contribution in [-0.2, 0) is 0 Å². The van der Waals surface area contributed by atoms with E-state index in [0.29, 0.717) is 0 Å². The van der Waals surface area contributed by atoms with Gasteiger partial charge < -0.3 is 4.74 Å². The third-order valence-corrected chi connectivity index (χ3v) is 1.60. The van der Waals surface area contributed by atoms with Gasteiger partial charge in [-0.2, -0.15) is 8.78 Å². The second-order valence-electron chi connectivity index (χ2n) is 2.31. The number of hydrogen-bond donors (Lipinski definition) is 0. The molecule has 0 fully saturated rings. The first kappa shape index (κ1) is 9.26. The maximum atomic E-state index is 11.7. The van der Waals surface area contributed by atoms with Gasteiger partial charge in [0, 0.05) is 0 Å². The molecule has 1 nitrogen and oxygen atoms in total. The van der Waals surface area contributed by atoms with E-state index in [1.807, 2.05) is 6.92 Å². The number of hydrogen-bond acceptors (Lipinski definition) is 1. The van der Waals surface area contributed by atoms with Crippen molar-refractivity contribution in [2.45, 2.75) is 13.5 Å². The van der Waals surface area contributed by atoms with Crippen LogP contribution in [0.2, 0.25) is 5.02 Å². The highest BCUT2D eigenvalue weighted by Gasteiger charge is 2.07. The monoisotopic (exact) mass is 192 g/mol. The lowest BCUT2D eigenvalue weighted by Crippen LogP contribution is -2.02. The van der Waals surface area contributed by atoms with Crippen LogP contribution in [0.1, 0.15) is 5.56 Å². The molecule has 66 valence electrons. The molecule has 0 saturated carbocycles. The van der Waals surface area contributed by atoms with E-state index < -0.39 is 6.61 Å². The summed E-state index contributed by atoms with van der Waals surface area (Å²) in [6.07, 6.45) is 0. The molecule has 0 heterocycles. The van der Waals surface area contributed by atoms with Crippen molar-refractivity contribution >= 4 is 11.6 Å². The van der Waals surface area contributed by atoms with Gasteiger partial charge in [-0.05, 0) is 24.6 Å². The Bertz CT molecular complexity index is 276. The van der Waals surface area contributed by atoms with Gasteiger partial charge in [0.1, 0.15) is 5.75 Å². The molecule has 1 aromatic rings. The van der Waals surface area contributed by atoms with Gasteiger partial charge >= 0.3 is 6.61 Å². The summed E-state index contributed by atoms with van der Waals surface area (Å²) >= 11 is 5.62. The van der Waals surface area contributed by atoms with Gasteiger partial charge in [0.2, 0.25) is 0 Å². The molecular formula is C8H7ClF2O. The Labute approximate surface area is 73.9 Å². The van der Waals surface area contributed by atoms with Crippen molar-refractivity contribution in [2.24, 2.45) is 0 Å². The minimum absolute atomic E-state index is 0.0114. The van der Waals surface area contributed by atoms with Gasteiger partial charge in [-0.1, -0.05) is 17.7 Å². The van der Waals surface area contributed by atoms with Crippen molar-refractivity contribution in [2.75, 3.05) is 0 Å². The fourth-order valence-electron chi connectivity index (χ4n) is 0.797. The molecule has 0 aliphatic rings. The summed E-state index contributed by atoms with van der Waals surface area (Å²) in [7, 11) is 0. The summed E-state index contributed by atoms with van der Waals surface area (Å²) in [6, 6.07) is 4.65. The van der Waals surface area contributed by atoms with Crippen LogP contribution < -0.4 is 4.74 Å². The number of rotatable bonds is 2. The molecule has 4 heteroatoms. The van der Waals surface area contributed by atoms with Crippen LogP contribution in [-0.4, -0.2) is 6.61 Å². The minimum atomic E-state index is -2.83. The van der Waals surface area contributed by atoms with Crippen LogP contribution in [0.25, 0.3) is 0 Å². The first-order chi connectivity index (χ1) is 5.59. The molecule has 12 heavy (non-hydrogen) atoms. The number of halogens is 3. The Morgan fingerprint density at radius 1 is 1.42 bits per heavy atom. The Balaban J connectivity index is 2.86. The van der Waals surface area contributed by atoms with Gasteiger partial charge in [0.05, 0.1) is 5.02 Å². The predicted octanol–water partition coefficient (Wildman–Crippen LogP) is 3.25. The number of alkyl halides is 2. The molecule has 0 N–H and O–H groups in total. The van der Waals surface area contributed by atoms with Crippen molar-refractivity contribution in [3.63, 3.8) is 0 Å². The molecule has 0 aromatic heterocycles. The maximum Gasteiger partial charge on any atom is 0.387 e. The molecule has 0 atom stereocenters. The van der Waals surface area contributed by atoms with Crippen molar-refractivity contribution in [1.82, 2.24) is 0 Å². The zero-order chi connectivity index (χ0) is 9.14. The molecule has 0 unspecified atom stereocenters. The summed E-state index contributed by atoms with van der Waals surface area (Å²) in [5.41, 5.74) is 0.904. The smallest absolute Gasteiger partial charge is 0.387 e. The summed E-state index contributed by atoms with van der Waals surface area (Å²) in [5, 5.41) is 0.204. The lowest BCUT2D eigenvalue weighted by Gasteiger charge is -2.06. The highest BCUT2D eigenvalue weighted by molar-refractivity contribution is 6.32. The first-order valence-electron chi connectivity index (χ1n) is 3.30. The molecule has 1 rings (SSSR count). The molecule has 0 aliphatic carbocycles. The van der Waals surface area contributed by atoms with E-state index >= 15 is 0 Å². The largest absolute Gasteiger partial charge is 0.433 e. The third-order valence-electron chi connectivity index (χ3n) is 1.30. The third kappa shape index (κ3) is 2.34. The zero-order valence-corrected chi connectivity index (χ0v) is 7.11. The second kappa shape index (κ2) is 3.72. The van der Waals surface area contributed by atoms with Crippen LogP contribution in [0.15, 0.2) is 18.2 Å². The Morgan fingerprint density at radius 2 is 2.08 bits per heavy atom. The van der Waals surface area contributed by atoms with Gasteiger partial charge in [-0.25, -0.2) is 0 Å². The molecule has 0 radical (unpaired) electrons. The van der Waals surface area contributed by atoms with Crippen molar-refractivity contribution < 1.29 is 13.5 Å². The van der Waals surface area contributed by atoms with Crippen molar-refractivity contribution in [3.05, 3.63) is 28.8 Å². The highest BCUT2D eigenvalue weighted by atomic mass is 35.5. The summed E-state index contributed by atoms with van der Waals surface area (Å²) < 4.78 is 27.6. The normalized spacial score (nSPS) is 10.4. The molecule has 1 aromatic carbocycles. The van der Waals surface area contributed by atoms with E-state index in [9.17, 15) is 8.78 Å². The number of aryl methyl sites for hydroxylation is 1. The topological polar surface area (TPSA) is 9.23 Å². The van der Waals surface area contributed by atoms with Gasteiger partial charge in [0.15, 0.2) is 0 Å².